The first-order chi connectivity index (χ1) is 27.3. The minimum Gasteiger partial charge on any atom is -0.454 e. The van der Waals surface area contributed by atoms with Gasteiger partial charge in [0.25, 0.3) is 0 Å². The summed E-state index contributed by atoms with van der Waals surface area (Å²) in [4.78, 5) is 0. The maximum atomic E-state index is 7.05. The molecule has 55 heavy (non-hydrogen) atoms. The number of para-hydroxylation sites is 4. The van der Waals surface area contributed by atoms with Gasteiger partial charge >= 0.3 is 0 Å². The summed E-state index contributed by atoms with van der Waals surface area (Å²) in [5.74, 6) is 0. The van der Waals surface area contributed by atoms with Gasteiger partial charge in [0.05, 0.1) is 27.5 Å². The third-order valence-electron chi connectivity index (χ3n) is 12.0. The smallest absolute Gasteiger partial charge is 0.162 e. The highest BCUT2D eigenvalue weighted by molar-refractivity contribution is 6.39. The second-order valence-electron chi connectivity index (χ2n) is 14.8. The van der Waals surface area contributed by atoms with Crippen molar-refractivity contribution < 1.29 is 4.42 Å². The van der Waals surface area contributed by atoms with E-state index in [9.17, 15) is 0 Å². The van der Waals surface area contributed by atoms with E-state index in [1.807, 2.05) is 0 Å². The Labute approximate surface area is 315 Å². The van der Waals surface area contributed by atoms with Crippen LogP contribution in [0.3, 0.4) is 0 Å². The van der Waals surface area contributed by atoms with E-state index in [1.165, 1.54) is 76.7 Å². The average molecular weight is 699 g/mol. The first-order valence-electron chi connectivity index (χ1n) is 18.9. The standard InChI is InChI=1S/C52H30N2O/c1-2-15-32(16-3-1)53-43-25-9-6-20-40(43)47-48-41-21-7-10-26-44(41)54(51(48)52-49(50(47)53)42-22-8-11-27-45(42)55-52)33-17-12-14-31(30-33)34-28-29-39-36-19-5-4-18-35(36)38-24-13-23-37(34)46(38)39/h1-30H. The van der Waals surface area contributed by atoms with Gasteiger partial charge in [0, 0.05) is 38.3 Å². The second kappa shape index (κ2) is 10.6. The molecule has 9 aromatic carbocycles. The zero-order valence-electron chi connectivity index (χ0n) is 29.6. The van der Waals surface area contributed by atoms with E-state index < -0.39 is 0 Å². The molecule has 0 amide bonds. The van der Waals surface area contributed by atoms with Gasteiger partial charge in [0.15, 0.2) is 5.58 Å². The molecule has 0 atom stereocenters. The van der Waals surface area contributed by atoms with Gasteiger partial charge in [-0.3, -0.25) is 0 Å². The normalized spacial score (nSPS) is 12.4. The number of hydrogen-bond donors (Lipinski definition) is 0. The summed E-state index contributed by atoms with van der Waals surface area (Å²) < 4.78 is 11.9. The summed E-state index contributed by atoms with van der Waals surface area (Å²) >= 11 is 0. The predicted molar refractivity (Wildman–Crippen MR) is 230 cm³/mol. The molecular weight excluding hydrogens is 669 g/mol. The zero-order chi connectivity index (χ0) is 35.8. The Morgan fingerprint density at radius 1 is 0.327 bits per heavy atom. The van der Waals surface area contributed by atoms with Crippen molar-refractivity contribution in [2.24, 2.45) is 0 Å². The number of hydrogen-bond acceptors (Lipinski definition) is 1. The van der Waals surface area contributed by atoms with Crippen molar-refractivity contribution in [2.45, 2.75) is 0 Å². The summed E-state index contributed by atoms with van der Waals surface area (Å²) in [6, 6.07) is 66.2. The molecule has 3 heterocycles. The van der Waals surface area contributed by atoms with Crippen molar-refractivity contribution in [3.8, 4) is 44.8 Å². The lowest BCUT2D eigenvalue weighted by molar-refractivity contribution is 0.671. The fourth-order valence-electron chi connectivity index (χ4n) is 9.87. The molecule has 0 saturated carbocycles. The monoisotopic (exact) mass is 698 g/mol. The van der Waals surface area contributed by atoms with Gasteiger partial charge in [-0.05, 0) is 86.6 Å². The first-order valence-corrected chi connectivity index (χ1v) is 18.9. The third-order valence-corrected chi connectivity index (χ3v) is 12.0. The zero-order valence-corrected chi connectivity index (χ0v) is 29.6. The second-order valence-corrected chi connectivity index (χ2v) is 14.8. The number of fused-ring (bicyclic) bond motifs is 15. The van der Waals surface area contributed by atoms with Gasteiger partial charge in [-0.2, -0.15) is 0 Å². The number of nitrogens with zero attached hydrogens (tertiary/aromatic N) is 2. The molecule has 254 valence electrons. The van der Waals surface area contributed by atoms with E-state index in [4.69, 9.17) is 4.42 Å². The van der Waals surface area contributed by atoms with Crippen molar-refractivity contribution >= 4 is 76.3 Å². The van der Waals surface area contributed by atoms with Crippen LogP contribution >= 0.6 is 0 Å². The topological polar surface area (TPSA) is 23.0 Å². The first kappa shape index (κ1) is 29.1. The van der Waals surface area contributed by atoms with Crippen molar-refractivity contribution in [3.05, 3.63) is 182 Å². The van der Waals surface area contributed by atoms with Crippen LogP contribution in [0.4, 0.5) is 0 Å². The molecule has 0 saturated heterocycles. The van der Waals surface area contributed by atoms with Crippen LogP contribution in [0, 0.1) is 0 Å². The SMILES string of the molecule is c1ccc(-n2c3ccccc3c3c4c5ccccc5n(-c5cccc(-c6ccc7c8c(cccc68)-c6ccccc6-7)c5)c4c4oc5ccccc5c4c32)cc1. The lowest BCUT2D eigenvalue weighted by Gasteiger charge is -2.13. The predicted octanol–water partition coefficient (Wildman–Crippen LogP) is 14.2. The lowest BCUT2D eigenvalue weighted by atomic mass is 9.94. The Morgan fingerprint density at radius 3 is 1.65 bits per heavy atom. The molecule has 3 nitrogen and oxygen atoms in total. The lowest BCUT2D eigenvalue weighted by Crippen LogP contribution is -1.96. The largest absolute Gasteiger partial charge is 0.454 e. The van der Waals surface area contributed by atoms with Crippen LogP contribution in [-0.4, -0.2) is 9.13 Å². The Bertz CT molecular complexity index is 3570. The van der Waals surface area contributed by atoms with Crippen molar-refractivity contribution in [3.63, 3.8) is 0 Å². The number of aromatic nitrogens is 2. The van der Waals surface area contributed by atoms with E-state index >= 15 is 0 Å². The minimum absolute atomic E-state index is 0.885. The Kier molecular flexibility index (Phi) is 5.63. The van der Waals surface area contributed by atoms with Gasteiger partial charge < -0.3 is 13.6 Å². The third kappa shape index (κ3) is 3.74. The van der Waals surface area contributed by atoms with Crippen LogP contribution < -0.4 is 0 Å². The summed E-state index contributed by atoms with van der Waals surface area (Å²) in [5.41, 5.74) is 16.3. The summed E-state index contributed by atoms with van der Waals surface area (Å²) in [7, 11) is 0. The van der Waals surface area contributed by atoms with Gasteiger partial charge in [-0.25, -0.2) is 0 Å². The fourth-order valence-corrected chi connectivity index (χ4v) is 9.87. The van der Waals surface area contributed by atoms with Crippen LogP contribution in [0.2, 0.25) is 0 Å². The minimum atomic E-state index is 0.885. The molecule has 0 fully saturated rings. The molecule has 3 aromatic heterocycles. The van der Waals surface area contributed by atoms with Gasteiger partial charge in [-0.1, -0.05) is 140 Å². The van der Waals surface area contributed by atoms with Gasteiger partial charge in [-0.15, -0.1) is 0 Å². The molecule has 12 aromatic rings. The molecular formula is C52H30N2O. The Morgan fingerprint density at radius 2 is 0.873 bits per heavy atom. The number of furan rings is 1. The maximum absolute atomic E-state index is 7.05. The molecule has 13 rings (SSSR count). The number of rotatable bonds is 3. The van der Waals surface area contributed by atoms with E-state index in [2.05, 4.69) is 191 Å². The van der Waals surface area contributed by atoms with Crippen molar-refractivity contribution in [1.29, 1.82) is 0 Å². The molecule has 0 aliphatic heterocycles. The van der Waals surface area contributed by atoms with E-state index in [0.29, 0.717) is 0 Å². The Hall–Kier alpha value is -7.36. The molecule has 0 N–H and O–H groups in total. The number of benzene rings is 9. The Balaban J connectivity index is 1.18. The molecule has 0 unspecified atom stereocenters. The van der Waals surface area contributed by atoms with E-state index in [-0.39, 0.29) is 0 Å². The highest BCUT2D eigenvalue weighted by atomic mass is 16.3. The molecule has 1 aliphatic carbocycles. The van der Waals surface area contributed by atoms with E-state index in [0.717, 1.165) is 44.3 Å². The summed E-state index contributed by atoms with van der Waals surface area (Å²) in [5, 5.41) is 9.74. The molecule has 0 bridgehead atoms. The average Bonchev–Trinajstić information content (AvgIpc) is 3.99. The van der Waals surface area contributed by atoms with Crippen LogP contribution in [0.25, 0.3) is 121 Å². The quantitative estimate of drug-likeness (QED) is 0.180. The van der Waals surface area contributed by atoms with Crippen molar-refractivity contribution in [1.82, 2.24) is 9.13 Å². The van der Waals surface area contributed by atoms with Gasteiger partial charge in [0.1, 0.15) is 5.58 Å². The van der Waals surface area contributed by atoms with Crippen molar-refractivity contribution in [2.75, 3.05) is 0 Å². The highest BCUT2D eigenvalue weighted by Crippen LogP contribution is 2.51. The molecule has 1 aliphatic rings. The van der Waals surface area contributed by atoms with Crippen LogP contribution in [-0.2, 0) is 0 Å². The molecule has 0 radical (unpaired) electrons. The molecule has 0 spiro atoms. The molecule has 3 heteroatoms. The highest BCUT2D eigenvalue weighted by Gasteiger charge is 2.28. The maximum Gasteiger partial charge on any atom is 0.162 e. The fraction of sp³-hybridized carbons (Fsp3) is 0. The van der Waals surface area contributed by atoms with Crippen LogP contribution in [0.5, 0.6) is 0 Å². The van der Waals surface area contributed by atoms with Crippen LogP contribution in [0.15, 0.2) is 186 Å². The van der Waals surface area contributed by atoms with Gasteiger partial charge in [0.2, 0.25) is 0 Å². The summed E-state index contributed by atoms with van der Waals surface area (Å²) in [6.45, 7) is 0. The van der Waals surface area contributed by atoms with E-state index in [1.54, 1.807) is 0 Å². The summed E-state index contributed by atoms with van der Waals surface area (Å²) in [6.07, 6.45) is 0. The van der Waals surface area contributed by atoms with Crippen LogP contribution in [0.1, 0.15) is 0 Å².